The Morgan fingerprint density at radius 1 is 1.00 bits per heavy atom. The van der Waals surface area contributed by atoms with Gasteiger partial charge in [0.2, 0.25) is 11.8 Å². The number of hydrazone groups is 1. The Morgan fingerprint density at radius 3 is 2.07 bits per heavy atom. The topological polar surface area (TPSA) is 82.6 Å². The summed E-state index contributed by atoms with van der Waals surface area (Å²) in [6.45, 7) is 6.28. The fourth-order valence-corrected chi connectivity index (χ4v) is 0.735. The highest BCUT2D eigenvalue weighted by molar-refractivity contribution is 5.94. The molecule has 0 aliphatic heterocycles. The lowest BCUT2D eigenvalue weighted by atomic mass is 10.3. The summed E-state index contributed by atoms with van der Waals surface area (Å²) in [7, 11) is 0. The highest BCUT2D eigenvalue weighted by atomic mass is 16.2. The van der Waals surface area contributed by atoms with Crippen LogP contribution in [0.3, 0.4) is 0 Å². The van der Waals surface area contributed by atoms with E-state index in [1.165, 1.54) is 13.8 Å². The molecule has 0 radical (unpaired) electrons. The highest BCUT2D eigenvalue weighted by Gasteiger charge is 1.92. The molecule has 6 nitrogen and oxygen atoms in total. The van der Waals surface area contributed by atoms with E-state index in [1.807, 2.05) is 0 Å². The van der Waals surface area contributed by atoms with Crippen molar-refractivity contribution < 1.29 is 9.59 Å². The second-order valence-corrected chi connectivity index (χ2v) is 3.05. The molecule has 0 aromatic carbocycles. The maximum Gasteiger partial charge on any atom is 0.236 e. The van der Waals surface area contributed by atoms with Crippen LogP contribution in [0.15, 0.2) is 16.9 Å². The first kappa shape index (κ1) is 13.2. The van der Waals surface area contributed by atoms with Gasteiger partial charge in [0, 0.05) is 19.5 Å². The van der Waals surface area contributed by atoms with Crippen LogP contribution in [0.2, 0.25) is 0 Å². The largest absolute Gasteiger partial charge is 0.303 e. The van der Waals surface area contributed by atoms with Crippen LogP contribution in [0.25, 0.3) is 0 Å². The van der Waals surface area contributed by atoms with Gasteiger partial charge in [0.05, 0.1) is 5.71 Å². The summed E-state index contributed by atoms with van der Waals surface area (Å²) in [5.74, 6) is -0.408. The highest BCUT2D eigenvalue weighted by Crippen LogP contribution is 1.87. The maximum atomic E-state index is 10.6. The molecule has 15 heavy (non-hydrogen) atoms. The molecule has 0 aliphatic rings. The average Bonchev–Trinajstić information content (AvgIpc) is 2.11. The molecule has 0 fully saturated rings. The second kappa shape index (κ2) is 6.58. The van der Waals surface area contributed by atoms with Crippen molar-refractivity contribution >= 4 is 17.5 Å². The van der Waals surface area contributed by atoms with Crippen LogP contribution in [0.1, 0.15) is 27.7 Å². The van der Waals surface area contributed by atoms with Crippen molar-refractivity contribution in [3.05, 3.63) is 11.8 Å². The Morgan fingerprint density at radius 2 is 1.60 bits per heavy atom. The number of carbonyl (C=O) groups is 2. The van der Waals surface area contributed by atoms with Crippen LogP contribution in [0.4, 0.5) is 0 Å². The minimum atomic E-state index is -0.227. The Labute approximate surface area is 88.8 Å². The van der Waals surface area contributed by atoms with Gasteiger partial charge in [-0.3, -0.25) is 15.0 Å². The third-order valence-corrected chi connectivity index (χ3v) is 1.25. The molecular weight excluding hydrogens is 196 g/mol. The third-order valence-electron chi connectivity index (χ3n) is 1.25. The van der Waals surface area contributed by atoms with Gasteiger partial charge in [-0.1, -0.05) is 0 Å². The molecule has 3 N–H and O–H groups in total. The minimum absolute atomic E-state index is 0.181. The number of carbonyl (C=O) groups excluding carboxylic acids is 2. The second-order valence-electron chi connectivity index (χ2n) is 3.05. The van der Waals surface area contributed by atoms with E-state index in [0.717, 1.165) is 5.70 Å². The SMILES string of the molecule is CC(=O)N/N=C(C)/C=C(\C)NNC(C)=O. The lowest BCUT2D eigenvalue weighted by Gasteiger charge is -2.05. The molecule has 0 saturated carbocycles. The maximum absolute atomic E-state index is 10.6. The van der Waals surface area contributed by atoms with Gasteiger partial charge < -0.3 is 5.43 Å². The molecule has 0 atom stereocenters. The zero-order chi connectivity index (χ0) is 11.8. The summed E-state index contributed by atoms with van der Waals surface area (Å²) in [6, 6.07) is 0. The van der Waals surface area contributed by atoms with Gasteiger partial charge in [0.15, 0.2) is 0 Å². The van der Waals surface area contributed by atoms with E-state index in [4.69, 9.17) is 0 Å². The predicted octanol–water partition coefficient (Wildman–Crippen LogP) is 0.0429. The molecule has 84 valence electrons. The lowest BCUT2D eigenvalue weighted by molar-refractivity contribution is -0.120. The van der Waals surface area contributed by atoms with Crippen molar-refractivity contribution in [1.29, 1.82) is 0 Å². The molecule has 0 rings (SSSR count). The Balaban J connectivity index is 4.15. The summed E-state index contributed by atoms with van der Waals surface area (Å²) in [4.78, 5) is 21.1. The lowest BCUT2D eigenvalue weighted by Crippen LogP contribution is -2.34. The molecular formula is C9H16N4O2. The van der Waals surface area contributed by atoms with E-state index in [0.29, 0.717) is 5.71 Å². The van der Waals surface area contributed by atoms with Crippen molar-refractivity contribution in [3.8, 4) is 0 Å². The molecule has 0 spiro atoms. The number of nitrogens with zero attached hydrogens (tertiary/aromatic N) is 1. The molecule has 0 heterocycles. The predicted molar refractivity (Wildman–Crippen MR) is 57.6 cm³/mol. The van der Waals surface area contributed by atoms with E-state index in [1.54, 1.807) is 19.9 Å². The van der Waals surface area contributed by atoms with E-state index in [-0.39, 0.29) is 11.8 Å². The third kappa shape index (κ3) is 8.48. The van der Waals surface area contributed by atoms with Crippen molar-refractivity contribution in [2.45, 2.75) is 27.7 Å². The average molecular weight is 212 g/mol. The van der Waals surface area contributed by atoms with Gasteiger partial charge >= 0.3 is 0 Å². The fourth-order valence-electron chi connectivity index (χ4n) is 0.735. The number of hydrazine groups is 1. The normalized spacial score (nSPS) is 12.0. The molecule has 0 unspecified atom stereocenters. The van der Waals surface area contributed by atoms with Gasteiger partial charge in [-0.25, -0.2) is 5.43 Å². The Kier molecular flexibility index (Phi) is 5.77. The Hall–Kier alpha value is -1.85. The minimum Gasteiger partial charge on any atom is -0.303 e. The van der Waals surface area contributed by atoms with Crippen molar-refractivity contribution in [2.24, 2.45) is 5.10 Å². The van der Waals surface area contributed by atoms with Gasteiger partial charge in [0.1, 0.15) is 0 Å². The number of amides is 2. The summed E-state index contributed by atoms with van der Waals surface area (Å²) in [5, 5.41) is 3.78. The van der Waals surface area contributed by atoms with E-state index in [2.05, 4.69) is 21.4 Å². The van der Waals surface area contributed by atoms with E-state index < -0.39 is 0 Å². The Bertz CT molecular complexity index is 307. The first-order valence-corrected chi connectivity index (χ1v) is 4.43. The van der Waals surface area contributed by atoms with Crippen molar-refractivity contribution in [3.63, 3.8) is 0 Å². The summed E-state index contributed by atoms with van der Waals surface area (Å²) >= 11 is 0. The smallest absolute Gasteiger partial charge is 0.236 e. The molecule has 0 aliphatic carbocycles. The van der Waals surface area contributed by atoms with Crippen LogP contribution in [-0.2, 0) is 9.59 Å². The van der Waals surface area contributed by atoms with Gasteiger partial charge in [0.25, 0.3) is 0 Å². The molecule has 6 heteroatoms. The number of allylic oxidation sites excluding steroid dienone is 2. The summed E-state index contributed by atoms with van der Waals surface area (Å²) in [5.41, 5.74) is 8.73. The van der Waals surface area contributed by atoms with Crippen molar-refractivity contribution in [2.75, 3.05) is 0 Å². The van der Waals surface area contributed by atoms with Gasteiger partial charge in [-0.05, 0) is 19.9 Å². The zero-order valence-corrected chi connectivity index (χ0v) is 9.34. The van der Waals surface area contributed by atoms with Crippen LogP contribution < -0.4 is 16.3 Å². The number of rotatable bonds is 4. The standard InChI is InChI=1S/C9H16N4O2/c1-6(10-12-8(3)14)5-7(2)11-13-9(4)15/h5,10H,1-4H3,(H,12,14)(H,13,15)/b6-5+,11-7+. The quantitative estimate of drug-likeness (QED) is 0.454. The van der Waals surface area contributed by atoms with E-state index in [9.17, 15) is 9.59 Å². The molecule has 0 aromatic heterocycles. The molecule has 0 bridgehead atoms. The monoisotopic (exact) mass is 212 g/mol. The first-order valence-electron chi connectivity index (χ1n) is 4.43. The molecule has 0 aromatic rings. The summed E-state index contributed by atoms with van der Waals surface area (Å²) < 4.78 is 0. The van der Waals surface area contributed by atoms with Crippen LogP contribution in [0.5, 0.6) is 0 Å². The zero-order valence-electron chi connectivity index (χ0n) is 9.34. The van der Waals surface area contributed by atoms with Crippen LogP contribution >= 0.6 is 0 Å². The number of hydrogen-bond acceptors (Lipinski definition) is 4. The number of hydrogen-bond donors (Lipinski definition) is 3. The molecule has 0 saturated heterocycles. The fraction of sp³-hybridized carbons (Fsp3) is 0.444. The first-order chi connectivity index (χ1) is 6.91. The summed E-state index contributed by atoms with van der Waals surface area (Å²) in [6.07, 6.45) is 1.69. The van der Waals surface area contributed by atoms with Crippen molar-refractivity contribution in [1.82, 2.24) is 16.3 Å². The van der Waals surface area contributed by atoms with Crippen LogP contribution in [0, 0.1) is 0 Å². The molecule has 2 amide bonds. The van der Waals surface area contributed by atoms with E-state index >= 15 is 0 Å². The van der Waals surface area contributed by atoms with Crippen LogP contribution in [-0.4, -0.2) is 17.5 Å². The number of nitrogens with one attached hydrogen (secondary N) is 3. The van der Waals surface area contributed by atoms with Gasteiger partial charge in [-0.2, -0.15) is 5.10 Å². The van der Waals surface area contributed by atoms with Gasteiger partial charge in [-0.15, -0.1) is 0 Å².